The van der Waals surface area contributed by atoms with Crippen molar-refractivity contribution in [2.24, 2.45) is 0 Å². The number of sulfonamides is 1. The number of rotatable bonds is 5. The average molecular weight is 335 g/mol. The third-order valence-corrected chi connectivity index (χ3v) is 5.56. The van der Waals surface area contributed by atoms with Crippen LogP contribution in [0.5, 0.6) is 0 Å². The first-order chi connectivity index (χ1) is 10.8. The lowest BCUT2D eigenvalue weighted by molar-refractivity contribution is -0.388. The molecule has 2 rings (SSSR count). The van der Waals surface area contributed by atoms with E-state index in [0.29, 0.717) is 16.8 Å². The van der Waals surface area contributed by atoms with Gasteiger partial charge >= 0.3 is 0 Å². The van der Waals surface area contributed by atoms with Crippen LogP contribution in [0.2, 0.25) is 0 Å². The van der Waals surface area contributed by atoms with Gasteiger partial charge in [-0.05, 0) is 38.5 Å². The van der Waals surface area contributed by atoms with Crippen LogP contribution in [0.3, 0.4) is 0 Å². The van der Waals surface area contributed by atoms with Crippen LogP contribution in [0.4, 0.5) is 11.4 Å². The number of hydrogen-bond donors (Lipinski definition) is 0. The van der Waals surface area contributed by atoms with E-state index in [1.54, 1.807) is 38.1 Å². The number of nitro benzene ring substituents is 1. The lowest BCUT2D eigenvalue weighted by atomic mass is 10.1. The SMILES string of the molecule is CCN(c1cccnc1)S(=O)(=O)c1c(C)ccc(C)c1[N+](=O)[O-]. The molecule has 1 heterocycles. The molecule has 0 saturated carbocycles. The molecular weight excluding hydrogens is 318 g/mol. The van der Waals surface area contributed by atoms with Crippen LogP contribution in [-0.4, -0.2) is 24.9 Å². The maximum absolute atomic E-state index is 13.1. The van der Waals surface area contributed by atoms with Gasteiger partial charge in [0.2, 0.25) is 0 Å². The first kappa shape index (κ1) is 16.9. The van der Waals surface area contributed by atoms with Gasteiger partial charge in [0, 0.05) is 18.3 Å². The minimum absolute atomic E-state index is 0.137. The van der Waals surface area contributed by atoms with Gasteiger partial charge in [-0.3, -0.25) is 19.4 Å². The Kier molecular flexibility index (Phi) is 4.65. The standard InChI is InChI=1S/C15H17N3O4S/c1-4-17(13-6-5-9-16-10-13)23(21,22)15-12(3)8-7-11(2)14(15)18(19)20/h5-10H,4H2,1-3H3. The predicted molar refractivity (Wildman–Crippen MR) is 87.0 cm³/mol. The van der Waals surface area contributed by atoms with E-state index in [1.165, 1.54) is 19.3 Å². The van der Waals surface area contributed by atoms with Crippen LogP contribution in [0.25, 0.3) is 0 Å². The molecule has 23 heavy (non-hydrogen) atoms. The molecule has 0 unspecified atom stereocenters. The summed E-state index contributed by atoms with van der Waals surface area (Å²) in [7, 11) is -4.08. The van der Waals surface area contributed by atoms with Gasteiger partial charge in [0.1, 0.15) is 0 Å². The Morgan fingerprint density at radius 1 is 1.22 bits per heavy atom. The summed E-state index contributed by atoms with van der Waals surface area (Å²) in [5.74, 6) is 0. The Bertz CT molecular complexity index is 835. The Labute approximate surface area is 134 Å². The van der Waals surface area contributed by atoms with Crippen molar-refractivity contribution in [3.8, 4) is 0 Å². The van der Waals surface area contributed by atoms with Gasteiger partial charge in [-0.15, -0.1) is 0 Å². The first-order valence-corrected chi connectivity index (χ1v) is 8.42. The fourth-order valence-corrected chi connectivity index (χ4v) is 4.33. The normalized spacial score (nSPS) is 11.3. The zero-order valence-electron chi connectivity index (χ0n) is 13.1. The Hall–Kier alpha value is -2.48. The molecule has 1 aromatic heterocycles. The molecular formula is C15H17N3O4S. The van der Waals surface area contributed by atoms with Crippen molar-refractivity contribution in [2.75, 3.05) is 10.8 Å². The Balaban J connectivity index is 2.74. The van der Waals surface area contributed by atoms with Crippen molar-refractivity contribution in [3.63, 3.8) is 0 Å². The number of pyridine rings is 1. The molecule has 0 saturated heterocycles. The number of aryl methyl sites for hydroxylation is 2. The first-order valence-electron chi connectivity index (χ1n) is 6.98. The van der Waals surface area contributed by atoms with Crippen LogP contribution < -0.4 is 4.31 Å². The van der Waals surface area contributed by atoms with Crippen LogP contribution in [0.15, 0.2) is 41.6 Å². The molecule has 0 aliphatic rings. The highest BCUT2D eigenvalue weighted by atomic mass is 32.2. The molecule has 7 nitrogen and oxygen atoms in total. The molecule has 2 aromatic rings. The van der Waals surface area contributed by atoms with Gasteiger partial charge in [-0.2, -0.15) is 0 Å². The van der Waals surface area contributed by atoms with Crippen molar-refractivity contribution >= 4 is 21.4 Å². The molecule has 0 amide bonds. The van der Waals surface area contributed by atoms with E-state index >= 15 is 0 Å². The minimum Gasteiger partial charge on any atom is -0.265 e. The third-order valence-electron chi connectivity index (χ3n) is 3.48. The molecule has 0 spiro atoms. The molecule has 122 valence electrons. The summed E-state index contributed by atoms with van der Waals surface area (Å²) in [6, 6.07) is 6.34. The number of anilines is 1. The molecule has 0 atom stereocenters. The van der Waals surface area contributed by atoms with E-state index < -0.39 is 14.9 Å². The number of hydrogen-bond acceptors (Lipinski definition) is 5. The third kappa shape index (κ3) is 3.02. The summed E-state index contributed by atoms with van der Waals surface area (Å²) in [6.07, 6.45) is 2.95. The highest BCUT2D eigenvalue weighted by molar-refractivity contribution is 7.93. The summed E-state index contributed by atoms with van der Waals surface area (Å²) in [6.45, 7) is 4.88. The predicted octanol–water partition coefficient (Wildman–Crippen LogP) is 2.82. The second-order valence-electron chi connectivity index (χ2n) is 5.02. The van der Waals surface area contributed by atoms with Gasteiger partial charge in [-0.25, -0.2) is 8.42 Å². The Morgan fingerprint density at radius 3 is 2.39 bits per heavy atom. The Morgan fingerprint density at radius 2 is 1.87 bits per heavy atom. The summed E-state index contributed by atoms with van der Waals surface area (Å²) < 4.78 is 27.2. The molecule has 8 heteroatoms. The van der Waals surface area contributed by atoms with Gasteiger partial charge < -0.3 is 0 Å². The van der Waals surface area contributed by atoms with E-state index in [4.69, 9.17) is 0 Å². The quantitative estimate of drug-likeness (QED) is 0.618. The molecule has 0 aliphatic heterocycles. The minimum atomic E-state index is -4.08. The summed E-state index contributed by atoms with van der Waals surface area (Å²) in [4.78, 5) is 14.4. The van der Waals surface area contributed by atoms with E-state index in [1.807, 2.05) is 0 Å². The maximum Gasteiger partial charge on any atom is 0.293 e. The summed E-state index contributed by atoms with van der Waals surface area (Å²) >= 11 is 0. The molecule has 0 aliphatic carbocycles. The number of benzene rings is 1. The van der Waals surface area contributed by atoms with Gasteiger partial charge in [-0.1, -0.05) is 12.1 Å². The second kappa shape index (κ2) is 6.33. The van der Waals surface area contributed by atoms with E-state index in [-0.39, 0.29) is 17.1 Å². The average Bonchev–Trinajstić information content (AvgIpc) is 2.50. The number of nitrogens with zero attached hydrogens (tertiary/aromatic N) is 3. The lowest BCUT2D eigenvalue weighted by Gasteiger charge is -2.23. The fourth-order valence-electron chi connectivity index (χ4n) is 2.43. The highest BCUT2D eigenvalue weighted by Crippen LogP contribution is 2.34. The highest BCUT2D eigenvalue weighted by Gasteiger charge is 2.34. The van der Waals surface area contributed by atoms with Crippen LogP contribution >= 0.6 is 0 Å². The summed E-state index contributed by atoms with van der Waals surface area (Å²) in [5, 5.41) is 11.4. The van der Waals surface area contributed by atoms with Crippen LogP contribution in [0, 0.1) is 24.0 Å². The van der Waals surface area contributed by atoms with Gasteiger partial charge in [0.25, 0.3) is 15.7 Å². The topological polar surface area (TPSA) is 93.4 Å². The van der Waals surface area contributed by atoms with Gasteiger partial charge in [0.05, 0.1) is 16.8 Å². The van der Waals surface area contributed by atoms with Crippen LogP contribution in [0.1, 0.15) is 18.1 Å². The molecule has 0 N–H and O–H groups in total. The smallest absolute Gasteiger partial charge is 0.265 e. The number of aromatic nitrogens is 1. The second-order valence-corrected chi connectivity index (χ2v) is 6.81. The molecule has 1 aromatic carbocycles. The van der Waals surface area contributed by atoms with Crippen molar-refractivity contribution in [2.45, 2.75) is 25.7 Å². The zero-order valence-corrected chi connectivity index (χ0v) is 13.9. The van der Waals surface area contributed by atoms with Gasteiger partial charge in [0.15, 0.2) is 4.90 Å². The fraction of sp³-hybridized carbons (Fsp3) is 0.267. The monoisotopic (exact) mass is 335 g/mol. The largest absolute Gasteiger partial charge is 0.293 e. The van der Waals surface area contributed by atoms with Crippen molar-refractivity contribution < 1.29 is 13.3 Å². The van der Waals surface area contributed by atoms with E-state index in [0.717, 1.165) is 4.31 Å². The van der Waals surface area contributed by atoms with Crippen molar-refractivity contribution in [1.82, 2.24) is 4.98 Å². The number of nitro groups is 1. The molecule has 0 bridgehead atoms. The summed E-state index contributed by atoms with van der Waals surface area (Å²) in [5.41, 5.74) is 0.628. The molecule has 0 fully saturated rings. The molecule has 0 radical (unpaired) electrons. The maximum atomic E-state index is 13.1. The zero-order chi connectivity index (χ0) is 17.2. The van der Waals surface area contributed by atoms with Crippen molar-refractivity contribution in [3.05, 3.63) is 57.9 Å². The van der Waals surface area contributed by atoms with Crippen LogP contribution in [-0.2, 0) is 10.0 Å². The van der Waals surface area contributed by atoms with E-state index in [9.17, 15) is 18.5 Å². The lowest BCUT2D eigenvalue weighted by Crippen LogP contribution is -2.32. The van der Waals surface area contributed by atoms with Crippen molar-refractivity contribution in [1.29, 1.82) is 0 Å². The van der Waals surface area contributed by atoms with E-state index in [2.05, 4.69) is 4.98 Å².